The molecule has 0 bridgehead atoms. The van der Waals surface area contributed by atoms with E-state index in [1.165, 1.54) is 0 Å². The van der Waals surface area contributed by atoms with E-state index < -0.39 is 12.2 Å². The van der Waals surface area contributed by atoms with Gasteiger partial charge in [0.15, 0.2) is 0 Å². The summed E-state index contributed by atoms with van der Waals surface area (Å²) in [5.74, 6) is 0. The maximum absolute atomic E-state index is 9.96. The van der Waals surface area contributed by atoms with Crippen molar-refractivity contribution in [3.8, 4) is 0 Å². The second-order valence-corrected chi connectivity index (χ2v) is 3.98. The largest absolute Gasteiger partial charge is 0.396 e. The third kappa shape index (κ3) is 2.95. The topological polar surface area (TPSA) is 63.9 Å². The Balaban J connectivity index is 2.93. The van der Waals surface area contributed by atoms with Crippen molar-refractivity contribution >= 4 is 5.69 Å². The molecule has 2 unspecified atom stereocenters. The lowest BCUT2D eigenvalue weighted by Crippen LogP contribution is -2.22. The molecule has 1 aromatic rings. The molecule has 2 atom stereocenters. The molecule has 0 saturated heterocycles. The van der Waals surface area contributed by atoms with Crippen LogP contribution in [-0.4, -0.2) is 42.1 Å². The van der Waals surface area contributed by atoms with Gasteiger partial charge < -0.3 is 20.2 Å². The summed E-state index contributed by atoms with van der Waals surface area (Å²) in [6, 6.07) is 7.35. The van der Waals surface area contributed by atoms with Crippen LogP contribution < -0.4 is 4.90 Å². The molecule has 1 aromatic carbocycles. The van der Waals surface area contributed by atoms with Crippen LogP contribution in [0.2, 0.25) is 0 Å². The van der Waals surface area contributed by atoms with Gasteiger partial charge in [-0.2, -0.15) is 0 Å². The predicted octanol–water partition coefficient (Wildman–Crippen LogP) is 0.529. The highest BCUT2D eigenvalue weighted by Gasteiger charge is 2.20. The highest BCUT2D eigenvalue weighted by Crippen LogP contribution is 2.27. The maximum atomic E-state index is 9.96. The number of hydrogen-bond acceptors (Lipinski definition) is 4. The monoisotopic (exact) mass is 225 g/mol. The number of aliphatic hydroxyl groups excluding tert-OH is 3. The van der Waals surface area contributed by atoms with Crippen LogP contribution >= 0.6 is 0 Å². The van der Waals surface area contributed by atoms with Gasteiger partial charge in [-0.25, -0.2) is 0 Å². The van der Waals surface area contributed by atoms with Crippen LogP contribution in [0.4, 0.5) is 5.69 Å². The smallest absolute Gasteiger partial charge is 0.107 e. The fourth-order valence-electron chi connectivity index (χ4n) is 1.64. The van der Waals surface area contributed by atoms with Crippen LogP contribution in [0.25, 0.3) is 0 Å². The molecule has 0 heterocycles. The first-order chi connectivity index (χ1) is 7.57. The van der Waals surface area contributed by atoms with E-state index in [1.807, 2.05) is 37.2 Å². The van der Waals surface area contributed by atoms with Gasteiger partial charge in [-0.05, 0) is 12.5 Å². The van der Waals surface area contributed by atoms with E-state index in [9.17, 15) is 10.2 Å². The molecule has 1 rings (SSSR count). The quantitative estimate of drug-likeness (QED) is 0.684. The van der Waals surface area contributed by atoms with E-state index in [0.29, 0.717) is 5.56 Å². The Morgan fingerprint density at radius 3 is 2.38 bits per heavy atom. The van der Waals surface area contributed by atoms with Crippen molar-refractivity contribution in [1.82, 2.24) is 0 Å². The van der Waals surface area contributed by atoms with Crippen LogP contribution in [0.15, 0.2) is 24.3 Å². The molecule has 0 radical (unpaired) electrons. The summed E-state index contributed by atoms with van der Waals surface area (Å²) in [5, 5.41) is 28.3. The van der Waals surface area contributed by atoms with Crippen molar-refractivity contribution in [3.63, 3.8) is 0 Å². The first-order valence-corrected chi connectivity index (χ1v) is 5.31. The summed E-state index contributed by atoms with van der Waals surface area (Å²) in [6.45, 7) is -0.137. The van der Waals surface area contributed by atoms with E-state index in [0.717, 1.165) is 5.69 Å². The standard InChI is InChI=1S/C12H19NO3/c1-13(2)10-6-4-3-5-9(10)12(16)11(15)7-8-14/h3-6,11-12,14-16H,7-8H2,1-2H3. The number of para-hydroxylation sites is 1. The Hall–Kier alpha value is -1.10. The Bertz CT molecular complexity index is 328. The molecular weight excluding hydrogens is 206 g/mol. The van der Waals surface area contributed by atoms with Crippen molar-refractivity contribution < 1.29 is 15.3 Å². The van der Waals surface area contributed by atoms with Gasteiger partial charge in [0.05, 0.1) is 6.10 Å². The minimum Gasteiger partial charge on any atom is -0.396 e. The molecule has 0 aromatic heterocycles. The number of aliphatic hydroxyl groups is 3. The molecule has 4 heteroatoms. The van der Waals surface area contributed by atoms with Crippen molar-refractivity contribution in [2.75, 3.05) is 25.6 Å². The van der Waals surface area contributed by atoms with Crippen molar-refractivity contribution in [1.29, 1.82) is 0 Å². The van der Waals surface area contributed by atoms with E-state index >= 15 is 0 Å². The second kappa shape index (κ2) is 5.84. The highest BCUT2D eigenvalue weighted by atomic mass is 16.3. The summed E-state index contributed by atoms with van der Waals surface area (Å²) in [7, 11) is 3.76. The van der Waals surface area contributed by atoms with E-state index in [2.05, 4.69) is 0 Å². The lowest BCUT2D eigenvalue weighted by molar-refractivity contribution is 0.00448. The van der Waals surface area contributed by atoms with Gasteiger partial charge in [0.25, 0.3) is 0 Å². The summed E-state index contributed by atoms with van der Waals surface area (Å²) in [5.41, 5.74) is 1.54. The number of benzene rings is 1. The van der Waals surface area contributed by atoms with E-state index in [1.54, 1.807) is 6.07 Å². The SMILES string of the molecule is CN(C)c1ccccc1C(O)C(O)CCO. The molecule has 0 amide bonds. The molecular formula is C12H19NO3. The summed E-state index contributed by atoms with van der Waals surface area (Å²) >= 11 is 0. The van der Waals surface area contributed by atoms with Gasteiger partial charge in [-0.1, -0.05) is 18.2 Å². The zero-order valence-electron chi connectivity index (χ0n) is 9.67. The lowest BCUT2D eigenvalue weighted by atomic mass is 10.0. The van der Waals surface area contributed by atoms with Gasteiger partial charge in [0, 0.05) is 32.0 Å². The molecule has 0 aliphatic heterocycles. The number of hydrogen-bond donors (Lipinski definition) is 3. The molecule has 0 aliphatic rings. The fraction of sp³-hybridized carbons (Fsp3) is 0.500. The first kappa shape index (κ1) is 13.0. The molecule has 0 spiro atoms. The highest BCUT2D eigenvalue weighted by molar-refractivity contribution is 5.53. The van der Waals surface area contributed by atoms with Crippen molar-refractivity contribution in [2.45, 2.75) is 18.6 Å². The predicted molar refractivity (Wildman–Crippen MR) is 63.4 cm³/mol. The van der Waals surface area contributed by atoms with Crippen LogP contribution in [0.1, 0.15) is 18.1 Å². The zero-order valence-corrected chi connectivity index (χ0v) is 9.67. The maximum Gasteiger partial charge on any atom is 0.107 e. The van der Waals surface area contributed by atoms with Gasteiger partial charge in [0.1, 0.15) is 6.10 Å². The van der Waals surface area contributed by atoms with Gasteiger partial charge in [-0.3, -0.25) is 0 Å². The van der Waals surface area contributed by atoms with Crippen LogP contribution in [-0.2, 0) is 0 Å². The van der Waals surface area contributed by atoms with Crippen LogP contribution in [0, 0.1) is 0 Å². The first-order valence-electron chi connectivity index (χ1n) is 5.31. The van der Waals surface area contributed by atoms with Gasteiger partial charge in [-0.15, -0.1) is 0 Å². The molecule has 16 heavy (non-hydrogen) atoms. The van der Waals surface area contributed by atoms with Crippen molar-refractivity contribution in [2.24, 2.45) is 0 Å². The molecule has 3 N–H and O–H groups in total. The minimum atomic E-state index is -0.967. The van der Waals surface area contributed by atoms with Gasteiger partial charge in [0.2, 0.25) is 0 Å². The third-order valence-corrected chi connectivity index (χ3v) is 2.53. The minimum absolute atomic E-state index is 0.137. The Morgan fingerprint density at radius 2 is 1.81 bits per heavy atom. The molecule has 0 aliphatic carbocycles. The van der Waals surface area contributed by atoms with E-state index in [-0.39, 0.29) is 13.0 Å². The Kier molecular flexibility index (Phi) is 4.73. The van der Waals surface area contributed by atoms with Gasteiger partial charge >= 0.3 is 0 Å². The molecule has 90 valence electrons. The number of rotatable bonds is 5. The normalized spacial score (nSPS) is 14.6. The molecule has 4 nitrogen and oxygen atoms in total. The molecule has 0 fully saturated rings. The fourth-order valence-corrected chi connectivity index (χ4v) is 1.64. The number of nitrogens with zero attached hydrogens (tertiary/aromatic N) is 1. The van der Waals surface area contributed by atoms with Crippen LogP contribution in [0.5, 0.6) is 0 Å². The summed E-state index contributed by atoms with van der Waals surface area (Å²) < 4.78 is 0. The second-order valence-electron chi connectivity index (χ2n) is 3.98. The third-order valence-electron chi connectivity index (χ3n) is 2.53. The zero-order chi connectivity index (χ0) is 12.1. The Labute approximate surface area is 95.8 Å². The lowest BCUT2D eigenvalue weighted by Gasteiger charge is -2.23. The van der Waals surface area contributed by atoms with Crippen molar-refractivity contribution in [3.05, 3.63) is 29.8 Å². The number of anilines is 1. The average molecular weight is 225 g/mol. The summed E-state index contributed by atoms with van der Waals surface area (Å²) in [4.78, 5) is 1.88. The summed E-state index contributed by atoms with van der Waals surface area (Å²) in [6.07, 6.45) is -1.74. The molecule has 0 saturated carbocycles. The van der Waals surface area contributed by atoms with Crippen LogP contribution in [0.3, 0.4) is 0 Å². The van der Waals surface area contributed by atoms with E-state index in [4.69, 9.17) is 5.11 Å². The Morgan fingerprint density at radius 1 is 1.19 bits per heavy atom. The average Bonchev–Trinajstić information content (AvgIpc) is 2.28.